The molecule has 0 aliphatic heterocycles. The number of hydrogen-bond acceptors (Lipinski definition) is 2. The van der Waals surface area contributed by atoms with Gasteiger partial charge in [0.25, 0.3) is 0 Å². The average molecular weight is 233 g/mol. The number of rotatable bonds is 5. The van der Waals surface area contributed by atoms with E-state index >= 15 is 0 Å². The molecule has 3 nitrogen and oxygen atoms in total. The summed E-state index contributed by atoms with van der Waals surface area (Å²) in [6.07, 6.45) is 0.996. The Morgan fingerprint density at radius 3 is 2.59 bits per heavy atom. The van der Waals surface area contributed by atoms with Gasteiger partial charge in [0.15, 0.2) is 0 Å². The van der Waals surface area contributed by atoms with Gasteiger partial charge in [-0.2, -0.15) is 0 Å². The molecule has 3 heteroatoms. The summed E-state index contributed by atoms with van der Waals surface area (Å²) in [7, 11) is 0. The smallest absolute Gasteiger partial charge is 0.226 e. The van der Waals surface area contributed by atoms with Gasteiger partial charge >= 0.3 is 0 Å². The van der Waals surface area contributed by atoms with E-state index in [9.17, 15) is 4.79 Å². The SMILES string of the molecule is CC1CC1C(=O)N(CCO)Cc1ccccc1. The summed E-state index contributed by atoms with van der Waals surface area (Å²) < 4.78 is 0. The van der Waals surface area contributed by atoms with Gasteiger partial charge in [-0.1, -0.05) is 37.3 Å². The lowest BCUT2D eigenvalue weighted by molar-refractivity contribution is -0.134. The molecule has 1 aromatic rings. The average Bonchev–Trinajstić information content (AvgIpc) is 3.06. The largest absolute Gasteiger partial charge is 0.395 e. The van der Waals surface area contributed by atoms with Crippen molar-refractivity contribution < 1.29 is 9.90 Å². The highest BCUT2D eigenvalue weighted by atomic mass is 16.3. The van der Waals surface area contributed by atoms with Gasteiger partial charge in [-0.15, -0.1) is 0 Å². The van der Waals surface area contributed by atoms with Gasteiger partial charge in [0.1, 0.15) is 0 Å². The van der Waals surface area contributed by atoms with Crippen molar-refractivity contribution in [2.75, 3.05) is 13.2 Å². The number of nitrogens with zero attached hydrogens (tertiary/aromatic N) is 1. The van der Waals surface area contributed by atoms with Gasteiger partial charge in [0.2, 0.25) is 5.91 Å². The van der Waals surface area contributed by atoms with Crippen LogP contribution >= 0.6 is 0 Å². The molecular weight excluding hydrogens is 214 g/mol. The maximum absolute atomic E-state index is 12.1. The Kier molecular flexibility index (Phi) is 3.79. The number of hydrogen-bond donors (Lipinski definition) is 1. The Morgan fingerprint density at radius 2 is 2.06 bits per heavy atom. The second-order valence-corrected chi connectivity index (χ2v) is 4.79. The molecule has 1 aromatic carbocycles. The highest BCUT2D eigenvalue weighted by Gasteiger charge is 2.41. The van der Waals surface area contributed by atoms with Crippen LogP contribution in [-0.4, -0.2) is 29.1 Å². The van der Waals surface area contributed by atoms with Crippen molar-refractivity contribution in [3.8, 4) is 0 Å². The molecule has 2 atom stereocenters. The molecular formula is C14H19NO2. The highest BCUT2D eigenvalue weighted by Crippen LogP contribution is 2.39. The van der Waals surface area contributed by atoms with Crippen LogP contribution in [0, 0.1) is 11.8 Å². The van der Waals surface area contributed by atoms with Crippen LogP contribution in [0.3, 0.4) is 0 Å². The number of carbonyl (C=O) groups is 1. The van der Waals surface area contributed by atoms with Gasteiger partial charge in [-0.25, -0.2) is 0 Å². The number of carbonyl (C=O) groups excluding carboxylic acids is 1. The molecule has 1 saturated carbocycles. The third-order valence-corrected chi connectivity index (χ3v) is 3.32. The molecule has 0 spiro atoms. The topological polar surface area (TPSA) is 40.5 Å². The Bertz CT molecular complexity index is 377. The van der Waals surface area contributed by atoms with Gasteiger partial charge in [-0.05, 0) is 17.9 Å². The van der Waals surface area contributed by atoms with E-state index in [1.807, 2.05) is 30.3 Å². The number of aliphatic hydroxyl groups excluding tert-OH is 1. The Hall–Kier alpha value is -1.35. The van der Waals surface area contributed by atoms with Gasteiger partial charge in [0, 0.05) is 19.0 Å². The van der Waals surface area contributed by atoms with Crippen LogP contribution in [0.15, 0.2) is 30.3 Å². The number of amides is 1. The molecule has 0 bridgehead atoms. The van der Waals surface area contributed by atoms with Crippen molar-refractivity contribution in [2.24, 2.45) is 11.8 Å². The first-order chi connectivity index (χ1) is 8.22. The monoisotopic (exact) mass is 233 g/mol. The van der Waals surface area contributed by atoms with Crippen molar-refractivity contribution in [3.05, 3.63) is 35.9 Å². The second kappa shape index (κ2) is 5.32. The molecule has 1 amide bonds. The Labute approximate surface area is 102 Å². The third-order valence-electron chi connectivity index (χ3n) is 3.32. The summed E-state index contributed by atoms with van der Waals surface area (Å²) in [5.41, 5.74) is 1.11. The van der Waals surface area contributed by atoms with Crippen LogP contribution < -0.4 is 0 Å². The summed E-state index contributed by atoms with van der Waals surface area (Å²) >= 11 is 0. The van der Waals surface area contributed by atoms with E-state index in [4.69, 9.17) is 5.11 Å². The fraction of sp³-hybridized carbons (Fsp3) is 0.500. The molecule has 2 rings (SSSR count). The van der Waals surface area contributed by atoms with E-state index in [-0.39, 0.29) is 18.4 Å². The van der Waals surface area contributed by atoms with Crippen LogP contribution in [0.2, 0.25) is 0 Å². The van der Waals surface area contributed by atoms with Crippen LogP contribution in [0.1, 0.15) is 18.9 Å². The minimum atomic E-state index is 0.0275. The van der Waals surface area contributed by atoms with Crippen molar-refractivity contribution in [1.82, 2.24) is 4.90 Å². The Morgan fingerprint density at radius 1 is 1.41 bits per heavy atom. The van der Waals surface area contributed by atoms with E-state index < -0.39 is 0 Å². The molecule has 17 heavy (non-hydrogen) atoms. The second-order valence-electron chi connectivity index (χ2n) is 4.79. The van der Waals surface area contributed by atoms with E-state index in [1.165, 1.54) is 0 Å². The maximum Gasteiger partial charge on any atom is 0.226 e. The maximum atomic E-state index is 12.1. The van der Waals surface area contributed by atoms with E-state index in [0.29, 0.717) is 19.0 Å². The first kappa shape index (κ1) is 12.1. The van der Waals surface area contributed by atoms with Crippen LogP contribution in [-0.2, 0) is 11.3 Å². The van der Waals surface area contributed by atoms with Crippen LogP contribution in [0.25, 0.3) is 0 Å². The molecule has 0 aromatic heterocycles. The third kappa shape index (κ3) is 3.07. The van der Waals surface area contributed by atoms with Crippen molar-refractivity contribution in [1.29, 1.82) is 0 Å². The summed E-state index contributed by atoms with van der Waals surface area (Å²) in [5, 5.41) is 9.04. The van der Waals surface area contributed by atoms with E-state index in [2.05, 4.69) is 6.92 Å². The molecule has 92 valence electrons. The first-order valence-electron chi connectivity index (χ1n) is 6.16. The normalized spacial score (nSPS) is 22.2. The zero-order valence-electron chi connectivity index (χ0n) is 10.2. The summed E-state index contributed by atoms with van der Waals surface area (Å²) in [4.78, 5) is 13.9. The molecule has 2 unspecified atom stereocenters. The zero-order valence-corrected chi connectivity index (χ0v) is 10.2. The molecule has 1 N–H and O–H groups in total. The van der Waals surface area contributed by atoms with Gasteiger partial charge < -0.3 is 10.0 Å². The van der Waals surface area contributed by atoms with E-state index in [1.54, 1.807) is 4.90 Å². The molecule has 1 aliphatic rings. The minimum Gasteiger partial charge on any atom is -0.395 e. The van der Waals surface area contributed by atoms with Crippen LogP contribution in [0.4, 0.5) is 0 Å². The first-order valence-corrected chi connectivity index (χ1v) is 6.16. The quantitative estimate of drug-likeness (QED) is 0.840. The molecule has 0 saturated heterocycles. The summed E-state index contributed by atoms with van der Waals surface area (Å²) in [6.45, 7) is 3.16. The fourth-order valence-corrected chi connectivity index (χ4v) is 2.09. The fourth-order valence-electron chi connectivity index (χ4n) is 2.09. The van der Waals surface area contributed by atoms with Crippen molar-refractivity contribution in [2.45, 2.75) is 19.9 Å². The molecule has 0 heterocycles. The Balaban J connectivity index is 1.99. The lowest BCUT2D eigenvalue weighted by Gasteiger charge is -2.22. The minimum absolute atomic E-state index is 0.0275. The lowest BCUT2D eigenvalue weighted by atomic mass is 10.2. The molecule has 1 aliphatic carbocycles. The highest BCUT2D eigenvalue weighted by molar-refractivity contribution is 5.81. The van der Waals surface area contributed by atoms with Crippen LogP contribution in [0.5, 0.6) is 0 Å². The number of benzene rings is 1. The lowest BCUT2D eigenvalue weighted by Crippen LogP contribution is -2.34. The van der Waals surface area contributed by atoms with Gasteiger partial charge in [-0.3, -0.25) is 4.79 Å². The zero-order chi connectivity index (χ0) is 12.3. The van der Waals surface area contributed by atoms with E-state index in [0.717, 1.165) is 12.0 Å². The predicted octanol–water partition coefficient (Wildman–Crippen LogP) is 1.66. The van der Waals surface area contributed by atoms with Gasteiger partial charge in [0.05, 0.1) is 6.61 Å². The molecule has 1 fully saturated rings. The molecule has 0 radical (unpaired) electrons. The van der Waals surface area contributed by atoms with Crippen molar-refractivity contribution >= 4 is 5.91 Å². The van der Waals surface area contributed by atoms with Crippen molar-refractivity contribution in [3.63, 3.8) is 0 Å². The summed E-state index contributed by atoms with van der Waals surface area (Å²) in [5.74, 6) is 0.889. The number of aliphatic hydroxyl groups is 1. The standard InChI is InChI=1S/C14H19NO2/c1-11-9-13(11)14(17)15(7-8-16)10-12-5-3-2-4-6-12/h2-6,11,13,16H,7-10H2,1H3. The predicted molar refractivity (Wildman–Crippen MR) is 66.2 cm³/mol. The summed E-state index contributed by atoms with van der Waals surface area (Å²) in [6, 6.07) is 9.92.